The van der Waals surface area contributed by atoms with Crippen LogP contribution in [0.25, 0.3) is 11.4 Å². The molecule has 2 aromatic heterocycles. The van der Waals surface area contributed by atoms with Crippen molar-refractivity contribution in [2.75, 3.05) is 0 Å². The van der Waals surface area contributed by atoms with Crippen LogP contribution in [0.1, 0.15) is 0 Å². The van der Waals surface area contributed by atoms with E-state index in [1.807, 2.05) is 6.07 Å². The van der Waals surface area contributed by atoms with Crippen LogP contribution in [0, 0.1) is 0 Å². The van der Waals surface area contributed by atoms with Crippen LogP contribution in [0.15, 0.2) is 35.4 Å². The summed E-state index contributed by atoms with van der Waals surface area (Å²) in [5.74, 6) is 0. The molecular formula is C7H5N3O. The molecule has 0 amide bonds. The zero-order valence-electron chi connectivity index (χ0n) is 5.64. The third-order valence-electron chi connectivity index (χ3n) is 1.27. The first kappa shape index (κ1) is 6.03. The van der Waals surface area contributed by atoms with Crippen molar-refractivity contribution >= 4 is 0 Å². The Kier molecular flexibility index (Phi) is 1.37. The molecule has 4 nitrogen and oxygen atoms in total. The van der Waals surface area contributed by atoms with E-state index in [2.05, 4.69) is 15.2 Å². The molecule has 0 bridgehead atoms. The first-order valence-electron chi connectivity index (χ1n) is 3.13. The second-order valence-electron chi connectivity index (χ2n) is 1.98. The molecule has 4 heteroatoms. The zero-order valence-corrected chi connectivity index (χ0v) is 5.64. The molecule has 2 aromatic rings. The number of oxazole rings is 1. The highest BCUT2D eigenvalue weighted by molar-refractivity contribution is 5.50. The zero-order chi connectivity index (χ0) is 7.52. The fourth-order valence-electron chi connectivity index (χ4n) is 0.777. The molecule has 0 atom stereocenters. The molecule has 0 aliphatic carbocycles. The maximum atomic E-state index is 4.79. The molecule has 0 aromatic carbocycles. The molecule has 0 aliphatic heterocycles. The summed E-state index contributed by atoms with van der Waals surface area (Å²) in [4.78, 5) is 3.92. The van der Waals surface area contributed by atoms with Crippen LogP contribution >= 0.6 is 0 Å². The van der Waals surface area contributed by atoms with E-state index in [1.165, 1.54) is 12.7 Å². The fourth-order valence-corrected chi connectivity index (χ4v) is 0.777. The Bertz CT molecular complexity index is 317. The third kappa shape index (κ3) is 1.10. The standard InChI is InChI=1S/C7H5N3O/c1-2-6(10-9-3-1)7-4-11-5-8-7/h1-5H. The lowest BCUT2D eigenvalue weighted by Gasteiger charge is -1.88. The second-order valence-corrected chi connectivity index (χ2v) is 1.98. The molecule has 11 heavy (non-hydrogen) atoms. The van der Waals surface area contributed by atoms with E-state index < -0.39 is 0 Å². The number of hydrogen-bond acceptors (Lipinski definition) is 4. The van der Waals surface area contributed by atoms with Crippen molar-refractivity contribution < 1.29 is 4.42 Å². The van der Waals surface area contributed by atoms with Crippen molar-refractivity contribution in [3.8, 4) is 11.4 Å². The minimum atomic E-state index is 0.707. The lowest BCUT2D eigenvalue weighted by atomic mass is 10.3. The third-order valence-corrected chi connectivity index (χ3v) is 1.27. The van der Waals surface area contributed by atoms with Crippen molar-refractivity contribution in [2.45, 2.75) is 0 Å². The molecule has 0 aliphatic rings. The van der Waals surface area contributed by atoms with Crippen LogP contribution in [0.5, 0.6) is 0 Å². The van der Waals surface area contributed by atoms with Crippen LogP contribution < -0.4 is 0 Å². The van der Waals surface area contributed by atoms with E-state index in [-0.39, 0.29) is 0 Å². The largest absolute Gasteiger partial charge is 0.451 e. The Morgan fingerprint density at radius 1 is 1.27 bits per heavy atom. The summed E-state index contributed by atoms with van der Waals surface area (Å²) in [6, 6.07) is 3.63. The van der Waals surface area contributed by atoms with Gasteiger partial charge in [-0.25, -0.2) is 4.98 Å². The minimum absolute atomic E-state index is 0.707. The molecule has 0 radical (unpaired) electrons. The Balaban J connectivity index is 2.46. The van der Waals surface area contributed by atoms with Gasteiger partial charge in [-0.1, -0.05) is 0 Å². The molecule has 0 unspecified atom stereocenters. The second kappa shape index (κ2) is 2.49. The molecule has 2 rings (SSSR count). The number of aromatic nitrogens is 3. The number of nitrogens with zero attached hydrogens (tertiary/aromatic N) is 3. The topological polar surface area (TPSA) is 51.8 Å². The van der Waals surface area contributed by atoms with E-state index in [0.717, 1.165) is 5.69 Å². The lowest BCUT2D eigenvalue weighted by Crippen LogP contribution is -1.84. The SMILES string of the molecule is c1cnnc(-c2cocn2)c1. The normalized spacial score (nSPS) is 9.82. The average Bonchev–Trinajstić information content (AvgIpc) is 2.58. The van der Waals surface area contributed by atoms with Gasteiger partial charge >= 0.3 is 0 Å². The predicted octanol–water partition coefficient (Wildman–Crippen LogP) is 1.13. The van der Waals surface area contributed by atoms with Crippen molar-refractivity contribution in [3.63, 3.8) is 0 Å². The van der Waals surface area contributed by atoms with Crippen molar-refractivity contribution in [1.29, 1.82) is 0 Å². The van der Waals surface area contributed by atoms with E-state index in [9.17, 15) is 0 Å². The van der Waals surface area contributed by atoms with Gasteiger partial charge in [-0.05, 0) is 12.1 Å². The summed E-state index contributed by atoms with van der Waals surface area (Å²) < 4.78 is 4.79. The highest BCUT2D eigenvalue weighted by atomic mass is 16.3. The van der Waals surface area contributed by atoms with Crippen LogP contribution in [0.2, 0.25) is 0 Å². The van der Waals surface area contributed by atoms with Gasteiger partial charge in [-0.15, -0.1) is 5.10 Å². The molecule has 0 N–H and O–H groups in total. The van der Waals surface area contributed by atoms with E-state index in [1.54, 1.807) is 12.3 Å². The van der Waals surface area contributed by atoms with Gasteiger partial charge < -0.3 is 4.42 Å². The van der Waals surface area contributed by atoms with Crippen LogP contribution in [-0.4, -0.2) is 15.2 Å². The first-order chi connectivity index (χ1) is 5.47. The predicted molar refractivity (Wildman–Crippen MR) is 37.5 cm³/mol. The summed E-state index contributed by atoms with van der Waals surface area (Å²) >= 11 is 0. The van der Waals surface area contributed by atoms with Gasteiger partial charge in [0.25, 0.3) is 0 Å². The van der Waals surface area contributed by atoms with Gasteiger partial charge in [-0.3, -0.25) is 0 Å². The van der Waals surface area contributed by atoms with Gasteiger partial charge in [0.15, 0.2) is 6.39 Å². The summed E-state index contributed by atoms with van der Waals surface area (Å²) in [6.07, 6.45) is 4.51. The smallest absolute Gasteiger partial charge is 0.181 e. The van der Waals surface area contributed by atoms with E-state index >= 15 is 0 Å². The maximum Gasteiger partial charge on any atom is 0.181 e. The van der Waals surface area contributed by atoms with Gasteiger partial charge in [0.05, 0.1) is 0 Å². The Morgan fingerprint density at radius 3 is 2.91 bits per heavy atom. The van der Waals surface area contributed by atoms with E-state index in [0.29, 0.717) is 5.69 Å². The Hall–Kier alpha value is -1.71. The minimum Gasteiger partial charge on any atom is -0.451 e. The number of rotatable bonds is 1. The number of hydrogen-bond donors (Lipinski definition) is 0. The van der Waals surface area contributed by atoms with Crippen LogP contribution in [0.4, 0.5) is 0 Å². The summed E-state index contributed by atoms with van der Waals surface area (Å²) in [5, 5.41) is 7.56. The fraction of sp³-hybridized carbons (Fsp3) is 0. The van der Waals surface area contributed by atoms with Gasteiger partial charge in [0.1, 0.15) is 17.7 Å². The molecule has 0 saturated heterocycles. The summed E-state index contributed by atoms with van der Waals surface area (Å²) in [5.41, 5.74) is 1.43. The van der Waals surface area contributed by atoms with Gasteiger partial charge in [0.2, 0.25) is 0 Å². The van der Waals surface area contributed by atoms with Crippen LogP contribution in [0.3, 0.4) is 0 Å². The Labute approximate surface area is 62.9 Å². The van der Waals surface area contributed by atoms with E-state index in [4.69, 9.17) is 4.42 Å². The highest BCUT2D eigenvalue weighted by Crippen LogP contribution is 2.10. The molecule has 0 saturated carbocycles. The summed E-state index contributed by atoms with van der Waals surface area (Å²) in [6.45, 7) is 0. The van der Waals surface area contributed by atoms with Gasteiger partial charge in [-0.2, -0.15) is 5.10 Å². The highest BCUT2D eigenvalue weighted by Gasteiger charge is 1.99. The molecule has 0 fully saturated rings. The Morgan fingerprint density at radius 2 is 2.27 bits per heavy atom. The molecule has 0 spiro atoms. The molecular weight excluding hydrogens is 142 g/mol. The molecule has 54 valence electrons. The summed E-state index contributed by atoms with van der Waals surface area (Å²) in [7, 11) is 0. The first-order valence-corrected chi connectivity index (χ1v) is 3.13. The molecule has 2 heterocycles. The monoisotopic (exact) mass is 147 g/mol. The van der Waals surface area contributed by atoms with Gasteiger partial charge in [0, 0.05) is 6.20 Å². The van der Waals surface area contributed by atoms with Crippen molar-refractivity contribution in [3.05, 3.63) is 31.0 Å². The maximum absolute atomic E-state index is 4.79. The van der Waals surface area contributed by atoms with Crippen LogP contribution in [-0.2, 0) is 0 Å². The van der Waals surface area contributed by atoms with Crippen molar-refractivity contribution in [2.24, 2.45) is 0 Å². The lowest BCUT2D eigenvalue weighted by molar-refractivity contribution is 0.558. The quantitative estimate of drug-likeness (QED) is 0.606. The van der Waals surface area contributed by atoms with Crippen molar-refractivity contribution in [1.82, 2.24) is 15.2 Å². The average molecular weight is 147 g/mol.